The molecule has 6 heteroatoms. The molecule has 1 N–H and O–H groups in total. The van der Waals surface area contributed by atoms with E-state index in [9.17, 15) is 9.59 Å². The lowest BCUT2D eigenvalue weighted by Gasteiger charge is -2.04. The fourth-order valence-corrected chi connectivity index (χ4v) is 2.15. The number of hydrogen-bond donors (Lipinski definition) is 1. The highest BCUT2D eigenvalue weighted by atomic mass is 16.7. The minimum atomic E-state index is -0.474. The Balaban J connectivity index is 1.56. The number of carbonyl (C=O) groups is 1. The second-order valence-corrected chi connectivity index (χ2v) is 5.14. The van der Waals surface area contributed by atoms with Crippen molar-refractivity contribution in [3.8, 4) is 0 Å². The number of aromatic nitrogens is 1. The molecule has 0 aliphatic rings. The molecule has 0 aliphatic carbocycles. The Morgan fingerprint density at radius 3 is 2.62 bits per heavy atom. The third-order valence-corrected chi connectivity index (χ3v) is 3.36. The topological polar surface area (TPSA) is 73.5 Å². The first kappa shape index (κ1) is 15.8. The lowest BCUT2D eigenvalue weighted by molar-refractivity contribution is 0.0211. The van der Waals surface area contributed by atoms with E-state index in [-0.39, 0.29) is 24.5 Å². The summed E-state index contributed by atoms with van der Waals surface area (Å²) in [4.78, 5) is 28.8. The third-order valence-electron chi connectivity index (χ3n) is 3.36. The van der Waals surface area contributed by atoms with Gasteiger partial charge in [0.05, 0.1) is 13.2 Å². The minimum absolute atomic E-state index is 0.127. The van der Waals surface area contributed by atoms with Crippen molar-refractivity contribution in [2.75, 3.05) is 0 Å². The van der Waals surface area contributed by atoms with E-state index >= 15 is 0 Å². The van der Waals surface area contributed by atoms with Crippen molar-refractivity contribution in [3.05, 3.63) is 94.3 Å². The van der Waals surface area contributed by atoms with Gasteiger partial charge in [0.1, 0.15) is 5.76 Å². The van der Waals surface area contributed by atoms with E-state index in [1.807, 2.05) is 30.3 Å². The molecule has 2 heterocycles. The molecule has 122 valence electrons. The highest BCUT2D eigenvalue weighted by Gasteiger charge is 2.11. The van der Waals surface area contributed by atoms with E-state index in [1.165, 1.54) is 10.6 Å². The highest BCUT2D eigenvalue weighted by Crippen LogP contribution is 2.09. The summed E-state index contributed by atoms with van der Waals surface area (Å²) in [6.07, 6.45) is 1.66. The first-order valence-electron chi connectivity index (χ1n) is 7.42. The molecule has 0 aliphatic heterocycles. The van der Waals surface area contributed by atoms with Gasteiger partial charge in [-0.3, -0.25) is 14.4 Å². The van der Waals surface area contributed by atoms with Gasteiger partial charge in [0, 0.05) is 12.3 Å². The first-order chi connectivity index (χ1) is 11.7. The van der Waals surface area contributed by atoms with Crippen LogP contribution in [-0.4, -0.2) is 10.5 Å². The van der Waals surface area contributed by atoms with Gasteiger partial charge >= 0.3 is 5.91 Å². The average Bonchev–Trinajstić information content (AvgIpc) is 3.07. The third kappa shape index (κ3) is 3.99. The van der Waals surface area contributed by atoms with E-state index in [0.717, 1.165) is 5.56 Å². The number of benzene rings is 1. The van der Waals surface area contributed by atoms with E-state index in [1.54, 1.807) is 30.5 Å². The van der Waals surface area contributed by atoms with Gasteiger partial charge in [0.15, 0.2) is 5.76 Å². The molecule has 1 amide bonds. The molecule has 0 unspecified atom stereocenters. The average molecular weight is 324 g/mol. The molecule has 3 rings (SSSR count). The van der Waals surface area contributed by atoms with Crippen LogP contribution in [0.4, 0.5) is 0 Å². The molecule has 2 aromatic heterocycles. The van der Waals surface area contributed by atoms with Crippen LogP contribution in [0.2, 0.25) is 0 Å². The van der Waals surface area contributed by atoms with Crippen LogP contribution >= 0.6 is 0 Å². The van der Waals surface area contributed by atoms with Gasteiger partial charge in [-0.05, 0) is 23.8 Å². The van der Waals surface area contributed by atoms with Crippen LogP contribution in [-0.2, 0) is 18.0 Å². The Kier molecular flexibility index (Phi) is 4.88. The molecule has 1 aromatic carbocycles. The van der Waals surface area contributed by atoms with Crippen LogP contribution in [0.3, 0.4) is 0 Å². The summed E-state index contributed by atoms with van der Waals surface area (Å²) in [5, 5.41) is 0. The lowest BCUT2D eigenvalue weighted by Crippen LogP contribution is -2.23. The van der Waals surface area contributed by atoms with Crippen LogP contribution in [0.25, 0.3) is 0 Å². The number of hydroxylamine groups is 1. The molecule has 0 atom stereocenters. The molecule has 0 fully saturated rings. The normalized spacial score (nSPS) is 10.5. The summed E-state index contributed by atoms with van der Waals surface area (Å²) >= 11 is 0. The highest BCUT2D eigenvalue weighted by molar-refractivity contribution is 5.90. The lowest BCUT2D eigenvalue weighted by atomic mass is 10.2. The monoisotopic (exact) mass is 324 g/mol. The van der Waals surface area contributed by atoms with Crippen LogP contribution in [0.15, 0.2) is 76.1 Å². The van der Waals surface area contributed by atoms with Gasteiger partial charge in [-0.25, -0.2) is 5.48 Å². The largest absolute Gasteiger partial charge is 0.454 e. The van der Waals surface area contributed by atoms with E-state index in [4.69, 9.17) is 9.25 Å². The Hall–Kier alpha value is -3.12. The van der Waals surface area contributed by atoms with Crippen LogP contribution in [0.1, 0.15) is 21.9 Å². The van der Waals surface area contributed by atoms with Crippen LogP contribution in [0, 0.1) is 0 Å². The minimum Gasteiger partial charge on any atom is -0.454 e. The summed E-state index contributed by atoms with van der Waals surface area (Å²) in [5.41, 5.74) is 3.15. The fraction of sp³-hybridized carbons (Fsp3) is 0.111. The smallest absolute Gasteiger partial charge is 0.310 e. The van der Waals surface area contributed by atoms with Crippen molar-refractivity contribution in [2.24, 2.45) is 0 Å². The zero-order chi connectivity index (χ0) is 16.8. The maximum atomic E-state index is 12.0. The standard InChI is InChI=1S/C18H16N2O4/c21-17-8-4-5-11-20(17)12-15-9-10-16(24-15)18(22)19-23-13-14-6-2-1-3-7-14/h1-11H,12-13H2,(H,19,22). The molecule has 0 saturated carbocycles. The quantitative estimate of drug-likeness (QED) is 0.706. The number of rotatable bonds is 6. The fourth-order valence-electron chi connectivity index (χ4n) is 2.15. The number of hydrogen-bond acceptors (Lipinski definition) is 4. The number of nitrogens with one attached hydrogen (secondary N) is 1. The van der Waals surface area contributed by atoms with Crippen molar-refractivity contribution >= 4 is 5.91 Å². The Labute approximate surface area is 138 Å². The summed E-state index contributed by atoms with van der Waals surface area (Å²) in [7, 11) is 0. The Morgan fingerprint density at radius 2 is 1.83 bits per heavy atom. The van der Waals surface area contributed by atoms with Gasteiger partial charge in [0.2, 0.25) is 0 Å². The maximum absolute atomic E-state index is 12.0. The Bertz CT molecular complexity index is 868. The summed E-state index contributed by atoms with van der Waals surface area (Å²) in [6, 6.07) is 17.6. The molecular weight excluding hydrogens is 308 g/mol. The van der Waals surface area contributed by atoms with Crippen LogP contribution < -0.4 is 11.0 Å². The number of pyridine rings is 1. The van der Waals surface area contributed by atoms with Gasteiger partial charge in [-0.15, -0.1) is 0 Å². The second-order valence-electron chi connectivity index (χ2n) is 5.14. The number of furan rings is 1. The van der Waals surface area contributed by atoms with Crippen LogP contribution in [0.5, 0.6) is 0 Å². The van der Waals surface area contributed by atoms with E-state index in [2.05, 4.69) is 5.48 Å². The summed E-state index contributed by atoms with van der Waals surface area (Å²) < 4.78 is 6.95. The molecular formula is C18H16N2O4. The predicted molar refractivity (Wildman–Crippen MR) is 87.2 cm³/mol. The Morgan fingerprint density at radius 1 is 1.04 bits per heavy atom. The summed E-state index contributed by atoms with van der Waals surface area (Å²) in [6.45, 7) is 0.525. The number of carbonyl (C=O) groups excluding carboxylic acids is 1. The zero-order valence-corrected chi connectivity index (χ0v) is 12.8. The van der Waals surface area contributed by atoms with Crippen molar-refractivity contribution in [3.63, 3.8) is 0 Å². The van der Waals surface area contributed by atoms with Gasteiger partial charge in [-0.2, -0.15) is 0 Å². The summed E-state index contributed by atoms with van der Waals surface area (Å²) in [5.74, 6) is 0.163. The predicted octanol–water partition coefficient (Wildman–Crippen LogP) is 2.35. The molecule has 0 spiro atoms. The molecule has 6 nitrogen and oxygen atoms in total. The van der Waals surface area contributed by atoms with Crippen molar-refractivity contribution in [2.45, 2.75) is 13.2 Å². The van der Waals surface area contributed by atoms with Crippen molar-refractivity contribution < 1.29 is 14.0 Å². The SMILES string of the molecule is O=C(NOCc1ccccc1)c1ccc(Cn2ccccc2=O)o1. The second kappa shape index (κ2) is 7.43. The zero-order valence-electron chi connectivity index (χ0n) is 12.8. The van der Waals surface area contributed by atoms with Crippen molar-refractivity contribution in [1.29, 1.82) is 0 Å². The first-order valence-corrected chi connectivity index (χ1v) is 7.42. The molecule has 0 radical (unpaired) electrons. The number of amides is 1. The van der Waals surface area contributed by atoms with E-state index in [0.29, 0.717) is 5.76 Å². The van der Waals surface area contributed by atoms with Gasteiger partial charge in [-0.1, -0.05) is 36.4 Å². The van der Waals surface area contributed by atoms with Crippen molar-refractivity contribution in [1.82, 2.24) is 10.0 Å². The molecule has 24 heavy (non-hydrogen) atoms. The molecule has 0 saturated heterocycles. The molecule has 3 aromatic rings. The maximum Gasteiger partial charge on any atom is 0.310 e. The van der Waals surface area contributed by atoms with Gasteiger partial charge < -0.3 is 8.98 Å². The van der Waals surface area contributed by atoms with E-state index < -0.39 is 5.91 Å². The number of nitrogens with zero attached hydrogens (tertiary/aromatic N) is 1. The molecule has 0 bridgehead atoms. The van der Waals surface area contributed by atoms with Gasteiger partial charge in [0.25, 0.3) is 5.56 Å².